The largest absolute Gasteiger partial charge is 0.456 e. The number of nitrogens with zero attached hydrogens (tertiary/aromatic N) is 1. The molecule has 2 nitrogen and oxygen atoms in total. The maximum atomic E-state index is 6.95. The van der Waals surface area contributed by atoms with Crippen LogP contribution in [0.15, 0.2) is 223 Å². The molecule has 1 aliphatic rings. The maximum Gasteiger partial charge on any atom is 0.139 e. The molecule has 274 valence electrons. The number of hydrogen-bond donors (Lipinski definition) is 0. The molecule has 11 rings (SSSR count). The van der Waals surface area contributed by atoms with Gasteiger partial charge in [-0.1, -0.05) is 176 Å². The Labute approximate surface area is 338 Å². The number of fused-ring (bicyclic) bond motifs is 6. The van der Waals surface area contributed by atoms with E-state index in [0.29, 0.717) is 0 Å². The molecule has 0 radical (unpaired) electrons. The van der Waals surface area contributed by atoms with Crippen LogP contribution >= 0.6 is 0 Å². The number of benzene rings is 9. The van der Waals surface area contributed by atoms with Gasteiger partial charge in [0.25, 0.3) is 0 Å². The number of rotatable bonds is 7. The molecule has 0 atom stereocenters. The third-order valence-electron chi connectivity index (χ3n) is 12.2. The van der Waals surface area contributed by atoms with Crippen molar-refractivity contribution in [2.45, 2.75) is 12.3 Å². The Hall–Kier alpha value is -7.42. The Bertz CT molecular complexity index is 2980. The number of anilines is 3. The summed E-state index contributed by atoms with van der Waals surface area (Å²) in [6.07, 6.45) is 0. The summed E-state index contributed by atoms with van der Waals surface area (Å²) in [5.74, 6) is 0. The zero-order valence-electron chi connectivity index (χ0n) is 32.1. The molecule has 0 saturated carbocycles. The monoisotopic (exact) mass is 741 g/mol. The summed E-state index contributed by atoms with van der Waals surface area (Å²) in [6.45, 7) is 2.36. The van der Waals surface area contributed by atoms with Crippen LogP contribution in [0, 0.1) is 0 Å². The van der Waals surface area contributed by atoms with Gasteiger partial charge in [-0.05, 0) is 105 Å². The van der Waals surface area contributed by atoms with E-state index in [4.69, 9.17) is 4.42 Å². The fourth-order valence-electron chi connectivity index (χ4n) is 9.35. The fourth-order valence-corrected chi connectivity index (χ4v) is 9.35. The van der Waals surface area contributed by atoms with Gasteiger partial charge in [0.2, 0.25) is 0 Å². The predicted molar refractivity (Wildman–Crippen MR) is 242 cm³/mol. The first-order valence-electron chi connectivity index (χ1n) is 20.0. The average molecular weight is 742 g/mol. The molecule has 0 aliphatic heterocycles. The second-order valence-electron chi connectivity index (χ2n) is 15.4. The smallest absolute Gasteiger partial charge is 0.139 e. The quantitative estimate of drug-likeness (QED) is 0.162. The summed E-state index contributed by atoms with van der Waals surface area (Å²) < 4.78 is 6.95. The van der Waals surface area contributed by atoms with Crippen molar-refractivity contribution in [1.29, 1.82) is 0 Å². The first kappa shape index (κ1) is 33.9. The van der Waals surface area contributed by atoms with Gasteiger partial charge in [-0.2, -0.15) is 0 Å². The lowest BCUT2D eigenvalue weighted by molar-refractivity contribution is 0.638. The molecule has 0 fully saturated rings. The van der Waals surface area contributed by atoms with Crippen LogP contribution < -0.4 is 4.90 Å². The lowest BCUT2D eigenvalue weighted by atomic mass is 9.74. The molecule has 1 heterocycles. The Morgan fingerprint density at radius 2 is 0.828 bits per heavy atom. The highest BCUT2D eigenvalue weighted by atomic mass is 16.3. The number of para-hydroxylation sites is 1. The van der Waals surface area contributed by atoms with Crippen LogP contribution in [-0.4, -0.2) is 0 Å². The molecule has 0 unspecified atom stereocenters. The van der Waals surface area contributed by atoms with E-state index in [1.807, 2.05) is 0 Å². The van der Waals surface area contributed by atoms with Crippen LogP contribution in [-0.2, 0) is 5.41 Å². The van der Waals surface area contributed by atoms with Crippen molar-refractivity contribution in [3.05, 3.63) is 235 Å². The summed E-state index contributed by atoms with van der Waals surface area (Å²) in [5.41, 5.74) is 18.2. The van der Waals surface area contributed by atoms with Crippen molar-refractivity contribution < 1.29 is 4.42 Å². The molecular formula is C56H39NO. The summed E-state index contributed by atoms with van der Waals surface area (Å²) >= 11 is 0. The lowest BCUT2D eigenvalue weighted by Gasteiger charge is -2.28. The molecule has 2 heteroatoms. The second kappa shape index (κ2) is 13.7. The minimum Gasteiger partial charge on any atom is -0.456 e. The van der Waals surface area contributed by atoms with E-state index in [0.717, 1.165) is 50.1 Å². The molecular weight excluding hydrogens is 703 g/mol. The van der Waals surface area contributed by atoms with E-state index in [2.05, 4.69) is 230 Å². The van der Waals surface area contributed by atoms with Gasteiger partial charge in [0.1, 0.15) is 11.2 Å². The van der Waals surface area contributed by atoms with E-state index >= 15 is 0 Å². The highest BCUT2D eigenvalue weighted by Gasteiger charge is 2.42. The molecule has 1 aliphatic carbocycles. The molecule has 9 aromatic carbocycles. The van der Waals surface area contributed by atoms with E-state index in [1.54, 1.807) is 0 Å². The van der Waals surface area contributed by atoms with Gasteiger partial charge < -0.3 is 9.32 Å². The van der Waals surface area contributed by atoms with Crippen LogP contribution in [0.3, 0.4) is 0 Å². The Morgan fingerprint density at radius 1 is 0.362 bits per heavy atom. The van der Waals surface area contributed by atoms with Crippen LogP contribution in [0.5, 0.6) is 0 Å². The number of furan rings is 1. The van der Waals surface area contributed by atoms with Gasteiger partial charge >= 0.3 is 0 Å². The molecule has 0 N–H and O–H groups in total. The Morgan fingerprint density at radius 3 is 1.43 bits per heavy atom. The van der Waals surface area contributed by atoms with Gasteiger partial charge in [-0.25, -0.2) is 0 Å². The number of hydrogen-bond acceptors (Lipinski definition) is 2. The predicted octanol–water partition coefficient (Wildman–Crippen LogP) is 15.4. The molecule has 10 aromatic rings. The molecule has 0 spiro atoms. The van der Waals surface area contributed by atoms with Crippen molar-refractivity contribution in [1.82, 2.24) is 0 Å². The zero-order valence-corrected chi connectivity index (χ0v) is 32.1. The van der Waals surface area contributed by atoms with Crippen molar-refractivity contribution in [2.75, 3.05) is 4.90 Å². The zero-order chi connectivity index (χ0) is 38.6. The molecule has 1 aromatic heterocycles. The summed E-state index contributed by atoms with van der Waals surface area (Å²) in [4.78, 5) is 2.36. The Kier molecular flexibility index (Phi) is 7.97. The van der Waals surface area contributed by atoms with Crippen LogP contribution in [0.2, 0.25) is 0 Å². The van der Waals surface area contributed by atoms with Crippen molar-refractivity contribution >= 4 is 39.0 Å². The minimum atomic E-state index is -0.368. The molecule has 0 bridgehead atoms. The van der Waals surface area contributed by atoms with Crippen LogP contribution in [0.4, 0.5) is 17.1 Å². The van der Waals surface area contributed by atoms with Crippen LogP contribution in [0.25, 0.3) is 66.4 Å². The summed E-state index contributed by atoms with van der Waals surface area (Å²) in [7, 11) is 0. The van der Waals surface area contributed by atoms with E-state index in [9.17, 15) is 0 Å². The van der Waals surface area contributed by atoms with Gasteiger partial charge in [-0.3, -0.25) is 0 Å². The van der Waals surface area contributed by atoms with Gasteiger partial charge in [0.05, 0.1) is 0 Å². The standard InChI is InChI=1S/C56H39NO/c1-56(50-25-10-8-21-47(50)48-22-9-11-26-51(48)56)52-27-13-24-49-54-46(23-14-28-53(54)58-55(49)52)42-19-12-20-45(37-42)57(43-33-29-40(30-34-43)38-15-4-2-5-16-38)44-35-31-41(32-36-44)39-17-6-3-7-18-39/h2-37H,1H3. The third-order valence-corrected chi connectivity index (χ3v) is 12.2. The van der Waals surface area contributed by atoms with Crippen molar-refractivity contribution in [3.8, 4) is 44.5 Å². The van der Waals surface area contributed by atoms with Gasteiger partial charge in [0, 0.05) is 38.8 Å². The lowest BCUT2D eigenvalue weighted by Crippen LogP contribution is -2.22. The molecule has 0 saturated heterocycles. The van der Waals surface area contributed by atoms with Gasteiger partial charge in [-0.15, -0.1) is 0 Å². The first-order valence-corrected chi connectivity index (χ1v) is 20.0. The first-order chi connectivity index (χ1) is 28.6. The molecule has 0 amide bonds. The molecule has 58 heavy (non-hydrogen) atoms. The van der Waals surface area contributed by atoms with Gasteiger partial charge in [0.15, 0.2) is 0 Å². The third kappa shape index (κ3) is 5.41. The van der Waals surface area contributed by atoms with Crippen molar-refractivity contribution in [3.63, 3.8) is 0 Å². The highest BCUT2D eigenvalue weighted by Crippen LogP contribution is 2.54. The summed E-state index contributed by atoms with van der Waals surface area (Å²) in [5, 5.41) is 2.26. The van der Waals surface area contributed by atoms with E-state index in [-0.39, 0.29) is 5.41 Å². The minimum absolute atomic E-state index is 0.368. The van der Waals surface area contributed by atoms with E-state index < -0.39 is 0 Å². The SMILES string of the molecule is CC1(c2cccc3c2oc2cccc(-c4cccc(N(c5ccc(-c6ccccc6)cc5)c5ccc(-c6ccccc6)cc5)c4)c23)c2ccccc2-c2ccccc21. The normalized spacial score (nSPS) is 12.7. The van der Waals surface area contributed by atoms with Crippen LogP contribution in [0.1, 0.15) is 23.6 Å². The summed E-state index contributed by atoms with van der Waals surface area (Å²) in [6, 6.07) is 78.7. The highest BCUT2D eigenvalue weighted by molar-refractivity contribution is 6.13. The van der Waals surface area contributed by atoms with Crippen molar-refractivity contribution in [2.24, 2.45) is 0 Å². The average Bonchev–Trinajstić information content (AvgIpc) is 3.81. The topological polar surface area (TPSA) is 16.4 Å². The second-order valence-corrected chi connectivity index (χ2v) is 15.4. The van der Waals surface area contributed by atoms with E-state index in [1.165, 1.54) is 50.1 Å². The fraction of sp³-hybridized carbons (Fsp3) is 0.0357. The Balaban J connectivity index is 1.05. The maximum absolute atomic E-state index is 6.95.